The summed E-state index contributed by atoms with van der Waals surface area (Å²) in [5, 5.41) is 0. The molecule has 0 aromatic rings. The summed E-state index contributed by atoms with van der Waals surface area (Å²) in [5.74, 6) is -2.06. The van der Waals surface area contributed by atoms with Crippen LogP contribution in [0.4, 0.5) is 0 Å². The van der Waals surface area contributed by atoms with E-state index in [4.69, 9.17) is 18.9 Å². The molecule has 0 fully saturated rings. The third-order valence-electron chi connectivity index (χ3n) is 2.35. The Balaban J connectivity index is 5.25. The van der Waals surface area contributed by atoms with Gasteiger partial charge in [-0.3, -0.25) is 0 Å². The summed E-state index contributed by atoms with van der Waals surface area (Å²) in [7, 11) is 0. The molecule has 0 saturated heterocycles. The Morgan fingerprint density at radius 1 is 1.00 bits per heavy atom. The molecule has 0 saturated carbocycles. The van der Waals surface area contributed by atoms with Crippen molar-refractivity contribution in [3.8, 4) is 0 Å². The predicted octanol–water partition coefficient (Wildman–Crippen LogP) is 2.52. The van der Waals surface area contributed by atoms with Crippen molar-refractivity contribution in [3.05, 3.63) is 0 Å². The SMILES string of the molecule is CCOC(C)C(OCC)(OCC)C(=O)OC(C)(C)C. The second kappa shape index (κ2) is 7.82. The summed E-state index contributed by atoms with van der Waals surface area (Å²) in [4.78, 5) is 12.4. The van der Waals surface area contributed by atoms with Crippen LogP contribution in [0.15, 0.2) is 0 Å². The first kappa shape index (κ1) is 18.4. The fourth-order valence-electron chi connectivity index (χ4n) is 1.70. The molecule has 19 heavy (non-hydrogen) atoms. The molecule has 0 aromatic heterocycles. The molecule has 1 unspecified atom stereocenters. The van der Waals surface area contributed by atoms with Gasteiger partial charge in [-0.25, -0.2) is 4.79 Å². The van der Waals surface area contributed by atoms with Crippen LogP contribution in [-0.2, 0) is 23.7 Å². The maximum atomic E-state index is 12.4. The zero-order chi connectivity index (χ0) is 15.1. The number of carbonyl (C=O) groups is 1. The molecule has 114 valence electrons. The smallest absolute Gasteiger partial charge is 0.370 e. The highest BCUT2D eigenvalue weighted by molar-refractivity contribution is 5.79. The second-order valence-electron chi connectivity index (χ2n) is 5.13. The quantitative estimate of drug-likeness (QED) is 0.503. The molecule has 0 radical (unpaired) electrons. The topological polar surface area (TPSA) is 54.0 Å². The normalized spacial score (nSPS) is 14.3. The average Bonchev–Trinajstić information content (AvgIpc) is 2.26. The maximum absolute atomic E-state index is 12.4. The Kier molecular flexibility index (Phi) is 7.55. The van der Waals surface area contributed by atoms with E-state index < -0.39 is 23.5 Å². The van der Waals surface area contributed by atoms with Crippen molar-refractivity contribution in [1.82, 2.24) is 0 Å². The van der Waals surface area contributed by atoms with E-state index in [1.807, 2.05) is 6.92 Å². The Bertz CT molecular complexity index is 264. The van der Waals surface area contributed by atoms with Gasteiger partial charge in [0.1, 0.15) is 11.7 Å². The fourth-order valence-corrected chi connectivity index (χ4v) is 1.70. The summed E-state index contributed by atoms with van der Waals surface area (Å²) in [6.45, 7) is 13.7. The molecule has 0 aliphatic heterocycles. The molecule has 0 aliphatic rings. The van der Waals surface area contributed by atoms with Crippen LogP contribution in [0.5, 0.6) is 0 Å². The molecule has 5 heteroatoms. The first-order chi connectivity index (χ1) is 8.73. The van der Waals surface area contributed by atoms with Gasteiger partial charge in [0.15, 0.2) is 0 Å². The van der Waals surface area contributed by atoms with Crippen LogP contribution < -0.4 is 0 Å². The van der Waals surface area contributed by atoms with E-state index in [0.29, 0.717) is 19.8 Å². The molecular weight excluding hydrogens is 248 g/mol. The van der Waals surface area contributed by atoms with Crippen LogP contribution in [0.1, 0.15) is 48.5 Å². The van der Waals surface area contributed by atoms with Gasteiger partial charge in [0.2, 0.25) is 0 Å². The molecule has 0 heterocycles. The summed E-state index contributed by atoms with van der Waals surface area (Å²) in [6, 6.07) is 0. The van der Waals surface area contributed by atoms with Gasteiger partial charge in [0.05, 0.1) is 0 Å². The van der Waals surface area contributed by atoms with Crippen molar-refractivity contribution in [1.29, 1.82) is 0 Å². The van der Waals surface area contributed by atoms with Crippen LogP contribution in [0.25, 0.3) is 0 Å². The lowest BCUT2D eigenvalue weighted by Gasteiger charge is -2.37. The van der Waals surface area contributed by atoms with Gasteiger partial charge in [-0.05, 0) is 48.5 Å². The molecule has 0 spiro atoms. The van der Waals surface area contributed by atoms with Crippen molar-refractivity contribution in [2.24, 2.45) is 0 Å². The van der Waals surface area contributed by atoms with Crippen LogP contribution in [0, 0.1) is 0 Å². The molecule has 0 N–H and O–H groups in total. The van der Waals surface area contributed by atoms with Gasteiger partial charge in [-0.15, -0.1) is 0 Å². The fraction of sp³-hybridized carbons (Fsp3) is 0.929. The Morgan fingerprint density at radius 3 is 1.79 bits per heavy atom. The summed E-state index contributed by atoms with van der Waals surface area (Å²) in [6.07, 6.45) is -0.549. The molecular formula is C14H28O5. The van der Waals surface area contributed by atoms with E-state index in [1.165, 1.54) is 0 Å². The van der Waals surface area contributed by atoms with Crippen molar-refractivity contribution in [3.63, 3.8) is 0 Å². The molecule has 5 nitrogen and oxygen atoms in total. The minimum absolute atomic E-state index is 0.330. The average molecular weight is 276 g/mol. The first-order valence-electron chi connectivity index (χ1n) is 6.86. The highest BCUT2D eigenvalue weighted by Crippen LogP contribution is 2.26. The van der Waals surface area contributed by atoms with Crippen LogP contribution in [-0.4, -0.2) is 43.3 Å². The van der Waals surface area contributed by atoms with Crippen LogP contribution >= 0.6 is 0 Å². The van der Waals surface area contributed by atoms with E-state index in [0.717, 1.165) is 0 Å². The minimum atomic E-state index is -1.51. The third-order valence-corrected chi connectivity index (χ3v) is 2.35. The number of hydrogen-bond acceptors (Lipinski definition) is 5. The molecule has 0 bridgehead atoms. The molecule has 0 amide bonds. The van der Waals surface area contributed by atoms with Gasteiger partial charge in [0, 0.05) is 19.8 Å². The van der Waals surface area contributed by atoms with Crippen LogP contribution in [0.2, 0.25) is 0 Å². The monoisotopic (exact) mass is 276 g/mol. The third kappa shape index (κ3) is 5.47. The lowest BCUT2D eigenvalue weighted by atomic mass is 10.1. The Hall–Kier alpha value is -0.650. The lowest BCUT2D eigenvalue weighted by Crippen LogP contribution is -2.56. The number of rotatable bonds is 8. The minimum Gasteiger partial charge on any atom is -0.456 e. The Labute approximate surface area is 116 Å². The summed E-state index contributed by atoms with van der Waals surface area (Å²) in [5.41, 5.74) is -0.609. The van der Waals surface area contributed by atoms with E-state index in [9.17, 15) is 4.79 Å². The van der Waals surface area contributed by atoms with E-state index in [-0.39, 0.29) is 0 Å². The van der Waals surface area contributed by atoms with Crippen molar-refractivity contribution in [2.75, 3.05) is 19.8 Å². The predicted molar refractivity (Wildman–Crippen MR) is 72.9 cm³/mol. The molecule has 0 rings (SSSR count). The summed E-state index contributed by atoms with van der Waals surface area (Å²) >= 11 is 0. The second-order valence-corrected chi connectivity index (χ2v) is 5.13. The highest BCUT2D eigenvalue weighted by atomic mass is 16.7. The number of esters is 1. The van der Waals surface area contributed by atoms with Crippen molar-refractivity contribution < 1.29 is 23.7 Å². The van der Waals surface area contributed by atoms with Gasteiger partial charge in [-0.2, -0.15) is 0 Å². The molecule has 0 aromatic carbocycles. The standard InChI is InChI=1S/C14H28O5/c1-8-16-11(4)14(17-9-2,18-10-3)12(15)19-13(5,6)7/h11H,8-10H2,1-7H3. The van der Waals surface area contributed by atoms with E-state index in [2.05, 4.69) is 0 Å². The van der Waals surface area contributed by atoms with Crippen LogP contribution in [0.3, 0.4) is 0 Å². The zero-order valence-corrected chi connectivity index (χ0v) is 13.2. The summed E-state index contributed by atoms with van der Waals surface area (Å²) < 4.78 is 22.0. The Morgan fingerprint density at radius 2 is 1.47 bits per heavy atom. The number of carbonyl (C=O) groups excluding carboxylic acids is 1. The van der Waals surface area contributed by atoms with Gasteiger partial charge in [-0.1, -0.05) is 0 Å². The lowest BCUT2D eigenvalue weighted by molar-refractivity contribution is -0.287. The highest BCUT2D eigenvalue weighted by Gasteiger charge is 2.49. The molecule has 1 atom stereocenters. The number of hydrogen-bond donors (Lipinski definition) is 0. The van der Waals surface area contributed by atoms with Gasteiger partial charge < -0.3 is 18.9 Å². The zero-order valence-electron chi connectivity index (χ0n) is 13.2. The van der Waals surface area contributed by atoms with Gasteiger partial charge in [0.25, 0.3) is 5.79 Å². The van der Waals surface area contributed by atoms with Crippen molar-refractivity contribution >= 4 is 5.97 Å². The molecule has 0 aliphatic carbocycles. The number of ether oxygens (including phenoxy) is 4. The van der Waals surface area contributed by atoms with Gasteiger partial charge >= 0.3 is 5.97 Å². The maximum Gasteiger partial charge on any atom is 0.370 e. The van der Waals surface area contributed by atoms with E-state index >= 15 is 0 Å². The van der Waals surface area contributed by atoms with Crippen molar-refractivity contribution in [2.45, 2.75) is 66.0 Å². The van der Waals surface area contributed by atoms with E-state index in [1.54, 1.807) is 41.5 Å². The first-order valence-corrected chi connectivity index (χ1v) is 6.86. The largest absolute Gasteiger partial charge is 0.456 e.